The Kier molecular flexibility index (Phi) is 3.96. The van der Waals surface area contributed by atoms with Crippen LogP contribution in [0.15, 0.2) is 60.7 Å². The summed E-state index contributed by atoms with van der Waals surface area (Å²) in [6.45, 7) is 0. The summed E-state index contributed by atoms with van der Waals surface area (Å²) in [5.41, 5.74) is 3.95. The summed E-state index contributed by atoms with van der Waals surface area (Å²) >= 11 is 11.8. The first kappa shape index (κ1) is 14.1. The normalized spacial score (nSPS) is 10.6. The molecule has 21 heavy (non-hydrogen) atoms. The van der Waals surface area contributed by atoms with Gasteiger partial charge >= 0.3 is 0 Å². The smallest absolute Gasteiger partial charge is 0.141 e. The molecule has 0 spiro atoms. The van der Waals surface area contributed by atoms with Gasteiger partial charge in [-0.25, -0.2) is 4.39 Å². The fourth-order valence-corrected chi connectivity index (χ4v) is 2.51. The van der Waals surface area contributed by atoms with E-state index < -0.39 is 5.82 Å². The van der Waals surface area contributed by atoms with Crippen molar-refractivity contribution >= 4 is 23.2 Å². The third-order valence-corrected chi connectivity index (χ3v) is 3.75. The molecule has 3 aromatic rings. The van der Waals surface area contributed by atoms with E-state index in [1.165, 1.54) is 6.07 Å². The lowest BCUT2D eigenvalue weighted by Crippen LogP contribution is -1.82. The van der Waals surface area contributed by atoms with Gasteiger partial charge in [-0.1, -0.05) is 65.7 Å². The maximum Gasteiger partial charge on any atom is 0.141 e. The Morgan fingerprint density at radius 3 is 1.86 bits per heavy atom. The van der Waals surface area contributed by atoms with E-state index in [9.17, 15) is 4.39 Å². The SMILES string of the molecule is Fc1ccc(-c2ccc(-c3cc[c]c(Cl)c3)cc2)cc1Cl. The predicted octanol–water partition coefficient (Wildman–Crippen LogP) is 6.27. The van der Waals surface area contributed by atoms with Gasteiger partial charge in [0.1, 0.15) is 5.82 Å². The van der Waals surface area contributed by atoms with Crippen LogP contribution in [0.2, 0.25) is 10.0 Å². The number of rotatable bonds is 2. The van der Waals surface area contributed by atoms with E-state index in [-0.39, 0.29) is 5.02 Å². The first-order chi connectivity index (χ1) is 10.1. The zero-order chi connectivity index (χ0) is 14.8. The number of halogens is 3. The number of hydrogen-bond donors (Lipinski definition) is 0. The monoisotopic (exact) mass is 315 g/mol. The van der Waals surface area contributed by atoms with E-state index in [1.807, 2.05) is 36.4 Å². The average Bonchev–Trinajstić information content (AvgIpc) is 2.50. The topological polar surface area (TPSA) is 0 Å². The molecule has 0 nitrogen and oxygen atoms in total. The van der Waals surface area contributed by atoms with Crippen molar-refractivity contribution in [1.29, 1.82) is 0 Å². The minimum Gasteiger partial charge on any atom is -0.205 e. The zero-order valence-electron chi connectivity index (χ0n) is 10.9. The second-order valence-corrected chi connectivity index (χ2v) is 5.45. The second kappa shape index (κ2) is 5.88. The van der Waals surface area contributed by atoms with Crippen molar-refractivity contribution in [2.24, 2.45) is 0 Å². The summed E-state index contributed by atoms with van der Waals surface area (Å²) in [7, 11) is 0. The molecule has 0 unspecified atom stereocenters. The van der Waals surface area contributed by atoms with Crippen LogP contribution >= 0.6 is 23.2 Å². The van der Waals surface area contributed by atoms with Crippen molar-refractivity contribution in [3.63, 3.8) is 0 Å². The van der Waals surface area contributed by atoms with Gasteiger partial charge in [0.25, 0.3) is 0 Å². The van der Waals surface area contributed by atoms with E-state index in [1.54, 1.807) is 18.2 Å². The Morgan fingerprint density at radius 2 is 1.29 bits per heavy atom. The van der Waals surface area contributed by atoms with E-state index in [0.717, 1.165) is 22.3 Å². The first-order valence-electron chi connectivity index (χ1n) is 6.36. The van der Waals surface area contributed by atoms with Gasteiger partial charge in [0, 0.05) is 11.1 Å². The molecule has 3 heteroatoms. The third-order valence-electron chi connectivity index (χ3n) is 3.24. The van der Waals surface area contributed by atoms with Crippen LogP contribution in [0.3, 0.4) is 0 Å². The lowest BCUT2D eigenvalue weighted by molar-refractivity contribution is 0.628. The van der Waals surface area contributed by atoms with Crippen molar-refractivity contribution in [2.45, 2.75) is 0 Å². The molecule has 103 valence electrons. The molecule has 0 N–H and O–H groups in total. The van der Waals surface area contributed by atoms with Gasteiger partial charge in [-0.15, -0.1) is 0 Å². The average molecular weight is 316 g/mol. The molecule has 0 aliphatic rings. The summed E-state index contributed by atoms with van der Waals surface area (Å²) in [6, 6.07) is 21.2. The van der Waals surface area contributed by atoms with Gasteiger partial charge in [-0.05, 0) is 40.5 Å². The molecule has 1 radical (unpaired) electrons. The lowest BCUT2D eigenvalue weighted by Gasteiger charge is -2.06. The molecule has 3 aromatic carbocycles. The van der Waals surface area contributed by atoms with Crippen LogP contribution in [0, 0.1) is 11.9 Å². The van der Waals surface area contributed by atoms with E-state index in [4.69, 9.17) is 23.2 Å². The highest BCUT2D eigenvalue weighted by molar-refractivity contribution is 6.31. The maximum absolute atomic E-state index is 13.2. The largest absolute Gasteiger partial charge is 0.205 e. The van der Waals surface area contributed by atoms with Crippen LogP contribution in [0.1, 0.15) is 0 Å². The Balaban J connectivity index is 1.95. The Labute approximate surface area is 132 Å². The predicted molar refractivity (Wildman–Crippen MR) is 86.1 cm³/mol. The summed E-state index contributed by atoms with van der Waals surface area (Å²) in [6.07, 6.45) is 0. The quantitative estimate of drug-likeness (QED) is 0.523. The fourth-order valence-electron chi connectivity index (χ4n) is 2.15. The van der Waals surface area contributed by atoms with Gasteiger partial charge < -0.3 is 0 Å². The third kappa shape index (κ3) is 3.10. The van der Waals surface area contributed by atoms with Gasteiger partial charge in [0.15, 0.2) is 0 Å². The van der Waals surface area contributed by atoms with Crippen molar-refractivity contribution in [2.75, 3.05) is 0 Å². The van der Waals surface area contributed by atoms with E-state index in [2.05, 4.69) is 6.07 Å². The van der Waals surface area contributed by atoms with Crippen LogP contribution in [0.5, 0.6) is 0 Å². The van der Waals surface area contributed by atoms with Crippen molar-refractivity contribution in [3.05, 3.63) is 82.6 Å². The molecule has 0 aromatic heterocycles. The van der Waals surface area contributed by atoms with Crippen LogP contribution in [-0.2, 0) is 0 Å². The van der Waals surface area contributed by atoms with Gasteiger partial charge in [0.05, 0.1) is 5.02 Å². The van der Waals surface area contributed by atoms with E-state index >= 15 is 0 Å². The highest BCUT2D eigenvalue weighted by Crippen LogP contribution is 2.28. The molecule has 0 aliphatic heterocycles. The molecule has 0 heterocycles. The van der Waals surface area contributed by atoms with Crippen LogP contribution in [0.25, 0.3) is 22.3 Å². The summed E-state index contributed by atoms with van der Waals surface area (Å²) in [4.78, 5) is 0. The number of hydrogen-bond acceptors (Lipinski definition) is 0. The second-order valence-electron chi connectivity index (χ2n) is 4.63. The lowest BCUT2D eigenvalue weighted by atomic mass is 10.0. The van der Waals surface area contributed by atoms with Crippen LogP contribution in [-0.4, -0.2) is 0 Å². The highest BCUT2D eigenvalue weighted by atomic mass is 35.5. The zero-order valence-corrected chi connectivity index (χ0v) is 12.4. The standard InChI is InChI=1S/C18H10Cl2F/c19-16-3-1-2-14(10-16)12-4-6-13(7-5-12)15-8-9-18(21)17(20)11-15/h1-2,4-11H. The summed E-state index contributed by atoms with van der Waals surface area (Å²) in [5.74, 6) is -0.410. The van der Waals surface area contributed by atoms with E-state index in [0.29, 0.717) is 5.02 Å². The Bertz CT molecular complexity index is 779. The summed E-state index contributed by atoms with van der Waals surface area (Å²) < 4.78 is 13.2. The molecule has 0 saturated carbocycles. The molecule has 0 saturated heterocycles. The van der Waals surface area contributed by atoms with Crippen molar-refractivity contribution in [3.8, 4) is 22.3 Å². The van der Waals surface area contributed by atoms with Gasteiger partial charge in [0.2, 0.25) is 0 Å². The minimum atomic E-state index is -0.410. The molecule has 0 fully saturated rings. The van der Waals surface area contributed by atoms with Crippen LogP contribution < -0.4 is 0 Å². The fraction of sp³-hybridized carbons (Fsp3) is 0. The molecule has 0 atom stereocenters. The Hall–Kier alpha value is -1.83. The molecule has 0 aliphatic carbocycles. The minimum absolute atomic E-state index is 0.127. The van der Waals surface area contributed by atoms with Crippen molar-refractivity contribution in [1.82, 2.24) is 0 Å². The van der Waals surface area contributed by atoms with Gasteiger partial charge in [-0.2, -0.15) is 0 Å². The number of benzene rings is 3. The molecule has 3 rings (SSSR count). The van der Waals surface area contributed by atoms with Crippen molar-refractivity contribution < 1.29 is 4.39 Å². The first-order valence-corrected chi connectivity index (χ1v) is 7.12. The van der Waals surface area contributed by atoms with Crippen LogP contribution in [0.4, 0.5) is 4.39 Å². The highest BCUT2D eigenvalue weighted by Gasteiger charge is 2.04. The maximum atomic E-state index is 13.2. The molecular weight excluding hydrogens is 306 g/mol. The molecular formula is C18H10Cl2F. The Morgan fingerprint density at radius 1 is 0.714 bits per heavy atom. The van der Waals surface area contributed by atoms with Gasteiger partial charge in [-0.3, -0.25) is 0 Å². The molecule has 0 amide bonds. The molecule has 0 bridgehead atoms. The summed E-state index contributed by atoms with van der Waals surface area (Å²) in [5, 5.41) is 0.712.